The van der Waals surface area contributed by atoms with Gasteiger partial charge in [0.15, 0.2) is 0 Å². The summed E-state index contributed by atoms with van der Waals surface area (Å²) in [4.78, 5) is 0. The number of anilines is 1. The number of rotatable bonds is 1. The van der Waals surface area contributed by atoms with Gasteiger partial charge in [-0.3, -0.25) is 4.31 Å². The van der Waals surface area contributed by atoms with Gasteiger partial charge in [-0.2, -0.15) is 5.26 Å². The Morgan fingerprint density at radius 3 is 2.76 bits per heavy atom. The first-order chi connectivity index (χ1) is 8.06. The van der Waals surface area contributed by atoms with Crippen molar-refractivity contribution in [2.75, 3.05) is 16.6 Å². The molecule has 0 bridgehead atoms. The lowest BCUT2D eigenvalue weighted by molar-refractivity contribution is 0.573. The topological polar surface area (TPSA) is 61.2 Å². The maximum atomic E-state index is 13.4. The van der Waals surface area contributed by atoms with Crippen LogP contribution in [0.5, 0.6) is 0 Å². The summed E-state index contributed by atoms with van der Waals surface area (Å²) in [6, 6.07) is 5.74. The van der Waals surface area contributed by atoms with Crippen LogP contribution in [0.25, 0.3) is 0 Å². The predicted molar refractivity (Wildman–Crippen MR) is 61.5 cm³/mol. The molecule has 1 saturated heterocycles. The van der Waals surface area contributed by atoms with E-state index in [0.717, 1.165) is 16.8 Å². The molecule has 1 fully saturated rings. The van der Waals surface area contributed by atoms with E-state index in [1.807, 2.05) is 0 Å². The third-order valence-electron chi connectivity index (χ3n) is 2.72. The quantitative estimate of drug-likeness (QED) is 0.765. The molecule has 1 aromatic carbocycles. The van der Waals surface area contributed by atoms with Crippen molar-refractivity contribution in [3.8, 4) is 6.07 Å². The Bertz CT molecular complexity index is 578. The van der Waals surface area contributed by atoms with Crippen molar-refractivity contribution in [2.45, 2.75) is 12.8 Å². The average molecular weight is 254 g/mol. The van der Waals surface area contributed by atoms with Crippen molar-refractivity contribution in [3.05, 3.63) is 29.6 Å². The molecule has 0 spiro atoms. The Balaban J connectivity index is 2.54. The van der Waals surface area contributed by atoms with Crippen molar-refractivity contribution >= 4 is 15.7 Å². The minimum atomic E-state index is -3.41. The number of hydrogen-bond acceptors (Lipinski definition) is 3. The molecular weight excluding hydrogens is 243 g/mol. The molecule has 1 aliphatic heterocycles. The normalized spacial score (nSPS) is 18.7. The summed E-state index contributed by atoms with van der Waals surface area (Å²) in [7, 11) is -3.41. The van der Waals surface area contributed by atoms with Gasteiger partial charge in [0.2, 0.25) is 10.0 Å². The monoisotopic (exact) mass is 254 g/mol. The Labute approximate surface area is 99.3 Å². The number of sulfonamides is 1. The molecule has 0 aromatic heterocycles. The van der Waals surface area contributed by atoms with E-state index >= 15 is 0 Å². The first-order valence-electron chi connectivity index (χ1n) is 5.25. The molecule has 1 heterocycles. The largest absolute Gasteiger partial charge is 0.269 e. The lowest BCUT2D eigenvalue weighted by Crippen LogP contribution is -2.38. The van der Waals surface area contributed by atoms with E-state index in [0.29, 0.717) is 13.0 Å². The highest BCUT2D eigenvalue weighted by Crippen LogP contribution is 2.28. The van der Waals surface area contributed by atoms with Crippen LogP contribution in [0.4, 0.5) is 10.1 Å². The molecule has 1 aliphatic rings. The number of nitriles is 1. The van der Waals surface area contributed by atoms with E-state index in [1.54, 1.807) is 6.07 Å². The van der Waals surface area contributed by atoms with Gasteiger partial charge in [0.05, 0.1) is 11.4 Å². The number of hydrogen-bond donors (Lipinski definition) is 0. The Hall–Kier alpha value is -1.61. The highest BCUT2D eigenvalue weighted by molar-refractivity contribution is 7.92. The minimum absolute atomic E-state index is 0.0500. The second-order valence-electron chi connectivity index (χ2n) is 3.84. The highest BCUT2D eigenvalue weighted by Gasteiger charge is 2.28. The molecule has 0 aliphatic carbocycles. The van der Waals surface area contributed by atoms with E-state index < -0.39 is 15.8 Å². The van der Waals surface area contributed by atoms with Gasteiger partial charge >= 0.3 is 0 Å². The van der Waals surface area contributed by atoms with Crippen LogP contribution in [0.1, 0.15) is 18.4 Å². The average Bonchev–Trinajstić information content (AvgIpc) is 2.28. The molecule has 17 heavy (non-hydrogen) atoms. The molecule has 6 heteroatoms. The summed E-state index contributed by atoms with van der Waals surface area (Å²) in [5, 5.41) is 8.89. The Morgan fingerprint density at radius 2 is 2.12 bits per heavy atom. The van der Waals surface area contributed by atoms with Crippen molar-refractivity contribution in [1.29, 1.82) is 5.26 Å². The molecule has 90 valence electrons. The van der Waals surface area contributed by atoms with Gasteiger partial charge in [0, 0.05) is 6.54 Å². The van der Waals surface area contributed by atoms with E-state index in [4.69, 9.17) is 5.26 Å². The van der Waals surface area contributed by atoms with Crippen LogP contribution >= 0.6 is 0 Å². The molecule has 0 atom stereocenters. The number of benzene rings is 1. The summed E-state index contributed by atoms with van der Waals surface area (Å²) in [6.07, 6.45) is 1.33. The van der Waals surface area contributed by atoms with Crippen LogP contribution in [0.15, 0.2) is 18.2 Å². The standard InChI is InChI=1S/C11H11FN2O2S/c12-10-4-3-5-11(9(10)8-13)14-6-1-2-7-17(14,15)16/h3-5H,1-2,6-7H2. The second-order valence-corrected chi connectivity index (χ2v) is 5.85. The van der Waals surface area contributed by atoms with Gasteiger partial charge in [0.25, 0.3) is 0 Å². The number of nitrogens with zero attached hydrogens (tertiary/aromatic N) is 2. The minimum Gasteiger partial charge on any atom is -0.269 e. The summed E-state index contributed by atoms with van der Waals surface area (Å²) in [6.45, 7) is 0.306. The van der Waals surface area contributed by atoms with Crippen LogP contribution in [0.3, 0.4) is 0 Å². The van der Waals surface area contributed by atoms with E-state index in [2.05, 4.69) is 0 Å². The molecule has 0 saturated carbocycles. The van der Waals surface area contributed by atoms with Crippen LogP contribution in [0, 0.1) is 17.1 Å². The Morgan fingerprint density at radius 1 is 1.35 bits per heavy atom. The van der Waals surface area contributed by atoms with Crippen molar-refractivity contribution in [1.82, 2.24) is 0 Å². The molecule has 0 N–H and O–H groups in total. The first kappa shape index (κ1) is 11.9. The molecule has 4 nitrogen and oxygen atoms in total. The highest BCUT2D eigenvalue weighted by atomic mass is 32.2. The van der Waals surface area contributed by atoms with Crippen molar-refractivity contribution < 1.29 is 12.8 Å². The number of halogens is 1. The van der Waals surface area contributed by atoms with E-state index in [9.17, 15) is 12.8 Å². The van der Waals surface area contributed by atoms with Gasteiger partial charge in [-0.25, -0.2) is 12.8 Å². The van der Waals surface area contributed by atoms with E-state index in [1.165, 1.54) is 12.1 Å². The van der Waals surface area contributed by atoms with Crippen molar-refractivity contribution in [2.24, 2.45) is 0 Å². The smallest absolute Gasteiger partial charge is 0.235 e. The summed E-state index contributed by atoms with van der Waals surface area (Å²) < 4.78 is 38.3. The van der Waals surface area contributed by atoms with Crippen LogP contribution < -0.4 is 4.31 Å². The SMILES string of the molecule is N#Cc1c(F)cccc1N1CCCCS1(=O)=O. The lowest BCUT2D eigenvalue weighted by Gasteiger charge is -2.28. The molecule has 0 amide bonds. The zero-order valence-corrected chi connectivity index (χ0v) is 9.87. The zero-order valence-electron chi connectivity index (χ0n) is 9.06. The second kappa shape index (κ2) is 4.34. The van der Waals surface area contributed by atoms with Crippen molar-refractivity contribution in [3.63, 3.8) is 0 Å². The van der Waals surface area contributed by atoms with Crippen LogP contribution in [0.2, 0.25) is 0 Å². The molecule has 2 rings (SSSR count). The third-order valence-corrected chi connectivity index (χ3v) is 4.58. The van der Waals surface area contributed by atoms with Gasteiger partial charge in [0.1, 0.15) is 17.4 Å². The van der Waals surface area contributed by atoms with E-state index in [-0.39, 0.29) is 17.0 Å². The van der Waals surface area contributed by atoms with Gasteiger partial charge in [-0.15, -0.1) is 0 Å². The van der Waals surface area contributed by atoms with Crippen LogP contribution in [-0.2, 0) is 10.0 Å². The first-order valence-corrected chi connectivity index (χ1v) is 6.86. The molecule has 0 radical (unpaired) electrons. The van der Waals surface area contributed by atoms with Gasteiger partial charge < -0.3 is 0 Å². The fourth-order valence-electron chi connectivity index (χ4n) is 1.89. The third kappa shape index (κ3) is 2.11. The fraction of sp³-hybridized carbons (Fsp3) is 0.364. The summed E-state index contributed by atoms with van der Waals surface area (Å²) >= 11 is 0. The zero-order chi connectivity index (χ0) is 12.5. The molecule has 1 aromatic rings. The van der Waals surface area contributed by atoms with Gasteiger partial charge in [-0.1, -0.05) is 6.07 Å². The van der Waals surface area contributed by atoms with Crippen LogP contribution in [-0.4, -0.2) is 20.7 Å². The lowest BCUT2D eigenvalue weighted by atomic mass is 10.2. The maximum absolute atomic E-state index is 13.4. The summed E-state index contributed by atoms with van der Waals surface area (Å²) in [5.41, 5.74) is -0.0647. The fourth-order valence-corrected chi connectivity index (χ4v) is 3.54. The maximum Gasteiger partial charge on any atom is 0.235 e. The molecule has 0 unspecified atom stereocenters. The predicted octanol–water partition coefficient (Wildman–Crippen LogP) is 1.63. The molecular formula is C11H11FN2O2S. The summed E-state index contributed by atoms with van der Waals surface area (Å²) in [5.74, 6) is -0.639. The van der Waals surface area contributed by atoms with Gasteiger partial charge in [-0.05, 0) is 25.0 Å². The Kier molecular flexibility index (Phi) is 3.03.